The Morgan fingerprint density at radius 1 is 1.25 bits per heavy atom. The highest BCUT2D eigenvalue weighted by Crippen LogP contribution is 2.29. The first-order chi connectivity index (χ1) is 9.85. The maximum Gasteiger partial charge on any atom is 0.0300 e. The van der Waals surface area contributed by atoms with Gasteiger partial charge in [0.25, 0.3) is 0 Å². The van der Waals surface area contributed by atoms with Gasteiger partial charge >= 0.3 is 0 Å². The topological polar surface area (TPSA) is 28.2 Å². The van der Waals surface area contributed by atoms with Crippen molar-refractivity contribution in [2.24, 2.45) is 0 Å². The van der Waals surface area contributed by atoms with Crippen LogP contribution in [-0.4, -0.2) is 41.1 Å². The van der Waals surface area contributed by atoms with Crippen LogP contribution in [0.4, 0.5) is 0 Å². The van der Waals surface area contributed by atoms with Crippen molar-refractivity contribution in [3.8, 4) is 0 Å². The maximum absolute atomic E-state index is 4.23. The van der Waals surface area contributed by atoms with Crippen LogP contribution in [0.3, 0.4) is 0 Å². The van der Waals surface area contributed by atoms with Gasteiger partial charge in [-0.05, 0) is 56.7 Å². The Morgan fingerprint density at radius 3 is 2.70 bits per heavy atom. The van der Waals surface area contributed by atoms with E-state index in [1.807, 2.05) is 18.5 Å². The summed E-state index contributed by atoms with van der Waals surface area (Å²) in [7, 11) is 0. The van der Waals surface area contributed by atoms with Crippen molar-refractivity contribution in [2.45, 2.75) is 63.6 Å². The van der Waals surface area contributed by atoms with E-state index in [4.69, 9.17) is 0 Å². The summed E-state index contributed by atoms with van der Waals surface area (Å²) in [6.07, 6.45) is 11.7. The standard InChI is InChI=1S/C17H27N3/c1-2-9-20(10-7-14-4-3-8-18-13-14)17-11-15-5-6-16(12-17)19-15/h3-4,8,13,15-17,19H,2,5-7,9-12H2,1H3. The summed E-state index contributed by atoms with van der Waals surface area (Å²) in [6, 6.07) is 6.62. The number of fused-ring (bicyclic) bond motifs is 2. The van der Waals surface area contributed by atoms with Gasteiger partial charge in [0.1, 0.15) is 0 Å². The Kier molecular flexibility index (Phi) is 4.69. The molecule has 3 heteroatoms. The van der Waals surface area contributed by atoms with Gasteiger partial charge in [0, 0.05) is 37.1 Å². The van der Waals surface area contributed by atoms with Crippen molar-refractivity contribution in [3.05, 3.63) is 30.1 Å². The molecule has 2 aliphatic heterocycles. The molecule has 2 saturated heterocycles. The van der Waals surface area contributed by atoms with Crippen LogP contribution in [-0.2, 0) is 6.42 Å². The van der Waals surface area contributed by atoms with Crippen LogP contribution >= 0.6 is 0 Å². The van der Waals surface area contributed by atoms with Crippen LogP contribution in [0.15, 0.2) is 24.5 Å². The van der Waals surface area contributed by atoms with E-state index >= 15 is 0 Å². The Balaban J connectivity index is 1.57. The molecule has 3 nitrogen and oxygen atoms in total. The molecule has 2 bridgehead atoms. The van der Waals surface area contributed by atoms with Gasteiger partial charge in [-0.3, -0.25) is 9.88 Å². The molecule has 2 atom stereocenters. The van der Waals surface area contributed by atoms with Gasteiger partial charge in [-0.2, -0.15) is 0 Å². The van der Waals surface area contributed by atoms with Crippen molar-refractivity contribution < 1.29 is 0 Å². The summed E-state index contributed by atoms with van der Waals surface area (Å²) in [5.74, 6) is 0. The lowest BCUT2D eigenvalue weighted by atomic mass is 9.97. The van der Waals surface area contributed by atoms with Crippen molar-refractivity contribution in [1.29, 1.82) is 0 Å². The van der Waals surface area contributed by atoms with Gasteiger partial charge in [-0.1, -0.05) is 13.0 Å². The summed E-state index contributed by atoms with van der Waals surface area (Å²) in [4.78, 5) is 6.96. The number of hydrogen-bond acceptors (Lipinski definition) is 3. The van der Waals surface area contributed by atoms with Crippen molar-refractivity contribution in [2.75, 3.05) is 13.1 Å². The average Bonchev–Trinajstić information content (AvgIpc) is 2.83. The molecule has 0 spiro atoms. The Labute approximate surface area is 122 Å². The van der Waals surface area contributed by atoms with Crippen LogP contribution < -0.4 is 5.32 Å². The predicted molar refractivity (Wildman–Crippen MR) is 82.8 cm³/mol. The third-order valence-electron chi connectivity index (χ3n) is 4.89. The van der Waals surface area contributed by atoms with Gasteiger partial charge in [-0.15, -0.1) is 0 Å². The highest BCUT2D eigenvalue weighted by Gasteiger charge is 2.35. The Bertz CT molecular complexity index is 394. The number of hydrogen-bond donors (Lipinski definition) is 1. The number of nitrogens with one attached hydrogen (secondary N) is 1. The number of rotatable bonds is 6. The van der Waals surface area contributed by atoms with Crippen LogP contribution in [0.1, 0.15) is 44.6 Å². The van der Waals surface area contributed by atoms with Gasteiger partial charge < -0.3 is 5.32 Å². The van der Waals surface area contributed by atoms with Gasteiger partial charge in [-0.25, -0.2) is 0 Å². The zero-order valence-electron chi connectivity index (χ0n) is 12.6. The molecule has 1 aromatic heterocycles. The largest absolute Gasteiger partial charge is 0.311 e. The van der Waals surface area contributed by atoms with E-state index in [0.717, 1.165) is 24.5 Å². The van der Waals surface area contributed by atoms with Crippen LogP contribution in [0.5, 0.6) is 0 Å². The van der Waals surface area contributed by atoms with Gasteiger partial charge in [0.15, 0.2) is 0 Å². The molecular weight excluding hydrogens is 246 g/mol. The lowest BCUT2D eigenvalue weighted by Gasteiger charge is -2.37. The summed E-state index contributed by atoms with van der Waals surface area (Å²) >= 11 is 0. The average molecular weight is 273 g/mol. The fourth-order valence-corrected chi connectivity index (χ4v) is 3.91. The number of pyridine rings is 1. The first-order valence-corrected chi connectivity index (χ1v) is 8.24. The van der Waals surface area contributed by atoms with Crippen molar-refractivity contribution >= 4 is 0 Å². The first kappa shape index (κ1) is 14.0. The summed E-state index contributed by atoms with van der Waals surface area (Å²) in [5.41, 5.74) is 1.37. The van der Waals surface area contributed by atoms with Crippen LogP contribution in [0, 0.1) is 0 Å². The molecule has 0 aliphatic carbocycles. The van der Waals surface area contributed by atoms with E-state index in [2.05, 4.69) is 28.2 Å². The fourth-order valence-electron chi connectivity index (χ4n) is 3.91. The Morgan fingerprint density at radius 2 is 2.05 bits per heavy atom. The van der Waals surface area contributed by atoms with Crippen LogP contribution in [0.2, 0.25) is 0 Å². The maximum atomic E-state index is 4.23. The smallest absolute Gasteiger partial charge is 0.0300 e. The fraction of sp³-hybridized carbons (Fsp3) is 0.706. The molecule has 110 valence electrons. The van der Waals surface area contributed by atoms with Crippen molar-refractivity contribution in [1.82, 2.24) is 15.2 Å². The zero-order valence-corrected chi connectivity index (χ0v) is 12.6. The molecule has 2 unspecified atom stereocenters. The first-order valence-electron chi connectivity index (χ1n) is 8.24. The van der Waals surface area contributed by atoms with E-state index in [-0.39, 0.29) is 0 Å². The summed E-state index contributed by atoms with van der Waals surface area (Å²) < 4.78 is 0. The van der Waals surface area contributed by atoms with E-state index in [9.17, 15) is 0 Å². The second-order valence-electron chi connectivity index (χ2n) is 6.41. The lowest BCUT2D eigenvalue weighted by Crippen LogP contribution is -2.49. The van der Waals surface area contributed by atoms with Crippen molar-refractivity contribution in [3.63, 3.8) is 0 Å². The molecule has 0 radical (unpaired) electrons. The quantitative estimate of drug-likeness (QED) is 0.863. The molecular formula is C17H27N3. The minimum atomic E-state index is 0.788. The third-order valence-corrected chi connectivity index (χ3v) is 4.89. The molecule has 0 amide bonds. The van der Waals surface area contributed by atoms with E-state index in [1.165, 1.54) is 50.8 Å². The minimum absolute atomic E-state index is 0.788. The number of aromatic nitrogens is 1. The second kappa shape index (κ2) is 6.68. The summed E-state index contributed by atoms with van der Waals surface area (Å²) in [6.45, 7) is 4.72. The number of piperidine rings is 1. The van der Waals surface area contributed by atoms with E-state index < -0.39 is 0 Å². The highest BCUT2D eigenvalue weighted by molar-refractivity contribution is 5.09. The van der Waals surface area contributed by atoms with Gasteiger partial charge in [0.2, 0.25) is 0 Å². The number of nitrogens with zero attached hydrogens (tertiary/aromatic N) is 2. The molecule has 20 heavy (non-hydrogen) atoms. The highest BCUT2D eigenvalue weighted by atomic mass is 15.2. The second-order valence-corrected chi connectivity index (χ2v) is 6.41. The normalized spacial score (nSPS) is 29.0. The molecule has 1 N–H and O–H groups in total. The summed E-state index contributed by atoms with van der Waals surface area (Å²) in [5, 5.41) is 3.75. The molecule has 3 rings (SSSR count). The molecule has 1 aromatic rings. The molecule has 2 fully saturated rings. The van der Waals surface area contributed by atoms with E-state index in [0.29, 0.717) is 0 Å². The third kappa shape index (κ3) is 3.39. The molecule has 0 saturated carbocycles. The lowest BCUT2D eigenvalue weighted by molar-refractivity contribution is 0.142. The predicted octanol–water partition coefficient (Wildman–Crippen LogP) is 2.62. The zero-order chi connectivity index (χ0) is 13.8. The van der Waals surface area contributed by atoms with Gasteiger partial charge in [0.05, 0.1) is 0 Å². The molecule has 2 aliphatic rings. The minimum Gasteiger partial charge on any atom is -0.311 e. The Hall–Kier alpha value is -0.930. The molecule has 0 aromatic carbocycles. The monoisotopic (exact) mass is 273 g/mol. The molecule has 3 heterocycles. The van der Waals surface area contributed by atoms with Crippen LogP contribution in [0.25, 0.3) is 0 Å². The SMILES string of the molecule is CCCN(CCc1cccnc1)C1CC2CCC(C1)N2. The van der Waals surface area contributed by atoms with E-state index in [1.54, 1.807) is 0 Å².